The molecule has 0 saturated carbocycles. The number of benzene rings is 4. The Morgan fingerprint density at radius 3 is 2.59 bits per heavy atom. The average Bonchev–Trinajstić information content (AvgIpc) is 3.41. The molecule has 1 aliphatic heterocycles. The van der Waals surface area contributed by atoms with Crippen molar-refractivity contribution in [3.05, 3.63) is 129 Å². The second-order valence-corrected chi connectivity index (χ2v) is 9.88. The molecule has 4 aromatic carbocycles. The van der Waals surface area contributed by atoms with E-state index in [2.05, 4.69) is 29.2 Å². The first kappa shape index (κ1) is 22.0. The van der Waals surface area contributed by atoms with Gasteiger partial charge in [0.05, 0.1) is 22.4 Å². The fourth-order valence-electron chi connectivity index (χ4n) is 5.40. The molecule has 1 atom stereocenters. The molecule has 1 unspecified atom stereocenters. The normalized spacial score (nSPS) is 14.3. The van der Waals surface area contributed by atoms with Crippen molar-refractivity contribution in [3.8, 4) is 23.0 Å². The number of halogens is 1. The second kappa shape index (κ2) is 8.24. The van der Waals surface area contributed by atoms with Crippen LogP contribution in [0.4, 0.5) is 0 Å². The van der Waals surface area contributed by atoms with Gasteiger partial charge >= 0.3 is 5.63 Å². The molecule has 0 fully saturated rings. The summed E-state index contributed by atoms with van der Waals surface area (Å²) in [5.74, 6) is 0.726. The zero-order valence-corrected chi connectivity index (χ0v) is 21.0. The summed E-state index contributed by atoms with van der Waals surface area (Å²) in [7, 11) is 0. The Labute approximate surface area is 225 Å². The van der Waals surface area contributed by atoms with Crippen molar-refractivity contribution >= 4 is 39.0 Å². The number of hydrogen-bond acceptors (Lipinski definition) is 6. The van der Waals surface area contributed by atoms with Crippen molar-refractivity contribution in [2.24, 2.45) is 0 Å². The van der Waals surface area contributed by atoms with Gasteiger partial charge in [0.25, 0.3) is 0 Å². The molecule has 7 nitrogen and oxygen atoms in total. The van der Waals surface area contributed by atoms with E-state index < -0.39 is 11.5 Å². The fourth-order valence-corrected chi connectivity index (χ4v) is 5.60. The van der Waals surface area contributed by atoms with E-state index in [1.807, 2.05) is 54.6 Å². The number of para-hydroxylation sites is 1. The molecule has 0 bridgehead atoms. The van der Waals surface area contributed by atoms with Gasteiger partial charge in [-0.2, -0.15) is 0 Å². The molecule has 4 heterocycles. The first-order valence-corrected chi connectivity index (χ1v) is 12.8. The maximum absolute atomic E-state index is 13.5. The minimum atomic E-state index is -0.590. The van der Waals surface area contributed by atoms with Crippen molar-refractivity contribution in [1.29, 1.82) is 0 Å². The van der Waals surface area contributed by atoms with Crippen LogP contribution in [0.3, 0.4) is 0 Å². The second-order valence-electron chi connectivity index (χ2n) is 9.45. The van der Waals surface area contributed by atoms with Crippen LogP contribution in [0, 0.1) is 0 Å². The van der Waals surface area contributed by atoms with E-state index in [9.17, 15) is 4.79 Å². The molecule has 8 rings (SSSR count). The van der Waals surface area contributed by atoms with Gasteiger partial charge in [0.1, 0.15) is 11.9 Å². The van der Waals surface area contributed by atoms with E-state index >= 15 is 0 Å². The minimum absolute atomic E-state index is 0.355. The third-order valence-corrected chi connectivity index (χ3v) is 7.39. The van der Waals surface area contributed by atoms with Gasteiger partial charge in [0, 0.05) is 10.6 Å². The molecule has 0 aliphatic carbocycles. The molecule has 8 heteroatoms. The Kier molecular flexibility index (Phi) is 4.65. The van der Waals surface area contributed by atoms with Gasteiger partial charge in [0.2, 0.25) is 5.88 Å². The lowest BCUT2D eigenvalue weighted by Crippen LogP contribution is -2.22. The number of aromatic nitrogens is 4. The fraction of sp³-hybridized carbons (Fsp3) is 0.0323. The van der Waals surface area contributed by atoms with Crippen molar-refractivity contribution in [1.82, 2.24) is 19.6 Å². The highest BCUT2D eigenvalue weighted by molar-refractivity contribution is 6.30. The lowest BCUT2D eigenvalue weighted by atomic mass is 9.84. The van der Waals surface area contributed by atoms with Crippen LogP contribution >= 0.6 is 11.6 Å². The van der Waals surface area contributed by atoms with Crippen LogP contribution in [0.2, 0.25) is 5.02 Å². The van der Waals surface area contributed by atoms with Gasteiger partial charge in [-0.15, -0.1) is 5.10 Å². The summed E-state index contributed by atoms with van der Waals surface area (Å²) in [4.78, 5) is 23.0. The lowest BCUT2D eigenvalue weighted by Gasteiger charge is -2.27. The molecule has 0 amide bonds. The Balaban J connectivity index is 1.41. The summed E-state index contributed by atoms with van der Waals surface area (Å²) < 4.78 is 13.7. The Morgan fingerprint density at radius 1 is 0.846 bits per heavy atom. The van der Waals surface area contributed by atoms with E-state index in [1.165, 1.54) is 0 Å². The average molecular weight is 529 g/mol. The van der Waals surface area contributed by atoms with Crippen molar-refractivity contribution in [2.45, 2.75) is 5.92 Å². The molecule has 7 aromatic rings. The van der Waals surface area contributed by atoms with Crippen LogP contribution < -0.4 is 10.4 Å². The number of hydrogen-bond donors (Lipinski definition) is 0. The summed E-state index contributed by atoms with van der Waals surface area (Å²) in [6, 6.07) is 29.0. The number of fused-ring (bicyclic) bond motifs is 7. The van der Waals surface area contributed by atoms with Crippen molar-refractivity contribution in [3.63, 3.8) is 0 Å². The molecular weight excluding hydrogens is 512 g/mol. The summed E-state index contributed by atoms with van der Waals surface area (Å²) in [6.45, 7) is 0. The maximum atomic E-state index is 13.5. The highest BCUT2D eigenvalue weighted by Crippen LogP contribution is 2.49. The third kappa shape index (κ3) is 3.37. The van der Waals surface area contributed by atoms with Crippen LogP contribution in [0.1, 0.15) is 22.6 Å². The van der Waals surface area contributed by atoms with Crippen molar-refractivity contribution in [2.75, 3.05) is 0 Å². The number of ether oxygens (including phenoxy) is 1. The van der Waals surface area contributed by atoms with E-state index in [0.29, 0.717) is 50.2 Å². The van der Waals surface area contributed by atoms with Crippen molar-refractivity contribution < 1.29 is 9.15 Å². The summed E-state index contributed by atoms with van der Waals surface area (Å²) in [6.07, 6.45) is 1.58. The number of nitrogens with zero attached hydrogens (tertiary/aromatic N) is 4. The predicted molar refractivity (Wildman–Crippen MR) is 149 cm³/mol. The van der Waals surface area contributed by atoms with E-state index in [0.717, 1.165) is 21.9 Å². The summed E-state index contributed by atoms with van der Waals surface area (Å²) in [5.41, 5.74) is 3.13. The van der Waals surface area contributed by atoms with E-state index in [-0.39, 0.29) is 0 Å². The topological polar surface area (TPSA) is 82.5 Å². The molecule has 39 heavy (non-hydrogen) atoms. The largest absolute Gasteiger partial charge is 0.437 e. The first-order chi connectivity index (χ1) is 19.1. The van der Waals surface area contributed by atoms with Gasteiger partial charge < -0.3 is 9.15 Å². The summed E-state index contributed by atoms with van der Waals surface area (Å²) >= 11 is 6.42. The van der Waals surface area contributed by atoms with Gasteiger partial charge in [-0.3, -0.25) is 0 Å². The molecule has 0 saturated heterocycles. The Hall–Kier alpha value is -5.01. The maximum Gasteiger partial charge on any atom is 0.344 e. The molecule has 3 aromatic heterocycles. The molecule has 0 radical (unpaired) electrons. The predicted octanol–water partition coefficient (Wildman–Crippen LogP) is 6.99. The lowest BCUT2D eigenvalue weighted by molar-refractivity contribution is 0.422. The molecule has 0 N–H and O–H groups in total. The van der Waals surface area contributed by atoms with Gasteiger partial charge in [0.15, 0.2) is 17.2 Å². The van der Waals surface area contributed by atoms with E-state index in [4.69, 9.17) is 30.8 Å². The highest BCUT2D eigenvalue weighted by atomic mass is 35.5. The minimum Gasteiger partial charge on any atom is -0.437 e. The first-order valence-electron chi connectivity index (χ1n) is 12.4. The van der Waals surface area contributed by atoms with Gasteiger partial charge in [-0.25, -0.2) is 19.3 Å². The third-order valence-electron chi connectivity index (χ3n) is 7.15. The Bertz CT molecular complexity index is 2170. The van der Waals surface area contributed by atoms with Gasteiger partial charge in [-0.1, -0.05) is 72.3 Å². The van der Waals surface area contributed by atoms with Crippen LogP contribution in [0.5, 0.6) is 11.6 Å². The van der Waals surface area contributed by atoms with Crippen LogP contribution in [0.25, 0.3) is 38.8 Å². The molecule has 186 valence electrons. The highest BCUT2D eigenvalue weighted by Gasteiger charge is 2.37. The monoisotopic (exact) mass is 528 g/mol. The molecule has 1 aliphatic rings. The molecule has 0 spiro atoms. The van der Waals surface area contributed by atoms with Crippen LogP contribution in [-0.2, 0) is 0 Å². The van der Waals surface area contributed by atoms with Gasteiger partial charge in [-0.05, 0) is 46.7 Å². The van der Waals surface area contributed by atoms with Crippen LogP contribution in [0.15, 0.2) is 107 Å². The summed E-state index contributed by atoms with van der Waals surface area (Å²) in [5, 5.41) is 8.19. The molecular formula is C31H17ClN4O3. The SMILES string of the molecule is O=c1oc2ccccc2c2c1C(c1cccc(Cl)c1)c1c(ncn3nc(-c4ccc5ccccc5c4)nc13)O2. The Morgan fingerprint density at radius 2 is 1.69 bits per heavy atom. The standard InChI is InChI=1S/C31H17ClN4O3/c32-21-9-5-8-19(15-21)24-25-27(22-10-3-4-11-23(22)38-31(25)37)39-30-26(24)29-34-28(35-36(29)16-33-30)20-13-12-17-6-1-2-7-18(17)14-20/h1-16,24H. The zero-order chi connectivity index (χ0) is 26.1. The number of rotatable bonds is 2. The smallest absolute Gasteiger partial charge is 0.344 e. The van der Waals surface area contributed by atoms with Crippen LogP contribution in [-0.4, -0.2) is 19.6 Å². The quantitative estimate of drug-likeness (QED) is 0.225. The zero-order valence-electron chi connectivity index (χ0n) is 20.2. The van der Waals surface area contributed by atoms with E-state index in [1.54, 1.807) is 23.0 Å².